The zero-order valence-electron chi connectivity index (χ0n) is 16.1. The molecule has 2 heterocycles. The van der Waals surface area contributed by atoms with E-state index >= 15 is 0 Å². The van der Waals surface area contributed by atoms with Crippen molar-refractivity contribution in [1.29, 1.82) is 0 Å². The summed E-state index contributed by atoms with van der Waals surface area (Å²) < 4.78 is 6.95. The lowest BCUT2D eigenvalue weighted by Gasteiger charge is -2.13. The predicted molar refractivity (Wildman–Crippen MR) is 118 cm³/mol. The van der Waals surface area contributed by atoms with E-state index in [0.29, 0.717) is 38.9 Å². The summed E-state index contributed by atoms with van der Waals surface area (Å²) >= 11 is 0. The fourth-order valence-corrected chi connectivity index (χ4v) is 3.50. The zero-order chi connectivity index (χ0) is 20.7. The van der Waals surface area contributed by atoms with Crippen LogP contribution in [0.3, 0.4) is 0 Å². The number of nitrogens with zero attached hydrogens (tertiary/aromatic N) is 3. The summed E-state index contributed by atoms with van der Waals surface area (Å²) in [5.41, 5.74) is 10.2. The van der Waals surface area contributed by atoms with E-state index in [2.05, 4.69) is 20.4 Å². The molecule has 4 N–H and O–H groups in total. The molecule has 148 valence electrons. The zero-order valence-corrected chi connectivity index (χ0v) is 16.1. The lowest BCUT2D eigenvalue weighted by molar-refractivity contribution is 0.415. The maximum absolute atomic E-state index is 13.3. The molecule has 8 heteroatoms. The van der Waals surface area contributed by atoms with Gasteiger partial charge in [-0.15, -0.1) is 0 Å². The molecule has 0 bridgehead atoms. The molecule has 0 aliphatic heterocycles. The van der Waals surface area contributed by atoms with Crippen LogP contribution < -0.4 is 21.2 Å². The number of methoxy groups -OCH3 is 1. The van der Waals surface area contributed by atoms with Crippen LogP contribution in [0.4, 0.5) is 17.1 Å². The van der Waals surface area contributed by atoms with Crippen molar-refractivity contribution in [1.82, 2.24) is 19.7 Å². The predicted octanol–water partition coefficient (Wildman–Crippen LogP) is 3.60. The van der Waals surface area contributed by atoms with Crippen LogP contribution in [0.5, 0.6) is 5.75 Å². The van der Waals surface area contributed by atoms with Crippen LogP contribution in [0.2, 0.25) is 0 Å². The number of anilines is 3. The number of ether oxygens (including phenoxy) is 1. The van der Waals surface area contributed by atoms with Gasteiger partial charge in [0, 0.05) is 11.1 Å². The second kappa shape index (κ2) is 6.93. The molecule has 30 heavy (non-hydrogen) atoms. The molecular weight excluding hydrogens is 380 g/mol. The van der Waals surface area contributed by atoms with Crippen LogP contribution in [-0.2, 0) is 0 Å². The van der Waals surface area contributed by atoms with Crippen LogP contribution in [-0.4, -0.2) is 26.9 Å². The lowest BCUT2D eigenvalue weighted by atomic mass is 10.1. The first-order valence-electron chi connectivity index (χ1n) is 9.28. The molecular formula is C22H18N6O2. The summed E-state index contributed by atoms with van der Waals surface area (Å²) in [4.78, 5) is 20.6. The number of hydrogen-bond donors (Lipinski definition) is 3. The Balaban J connectivity index is 1.63. The molecule has 0 saturated heterocycles. The summed E-state index contributed by atoms with van der Waals surface area (Å²) in [6, 6.07) is 16.6. The van der Waals surface area contributed by atoms with Gasteiger partial charge in [0.25, 0.3) is 0 Å². The second-order valence-electron chi connectivity index (χ2n) is 6.83. The van der Waals surface area contributed by atoms with Gasteiger partial charge in [-0.1, -0.05) is 0 Å². The van der Waals surface area contributed by atoms with Crippen LogP contribution in [0, 0.1) is 0 Å². The number of nitrogen functional groups attached to an aromatic ring is 1. The average Bonchev–Trinajstić information content (AvgIpc) is 3.31. The highest BCUT2D eigenvalue weighted by Crippen LogP contribution is 2.30. The van der Waals surface area contributed by atoms with Crippen molar-refractivity contribution in [2.75, 3.05) is 18.2 Å². The summed E-state index contributed by atoms with van der Waals surface area (Å²) in [5.74, 6) is 0.620. The van der Waals surface area contributed by atoms with Gasteiger partial charge in [0.1, 0.15) is 18.4 Å². The number of hydrogen-bond acceptors (Lipinski definition) is 6. The Labute approximate surface area is 170 Å². The van der Waals surface area contributed by atoms with Crippen molar-refractivity contribution < 1.29 is 4.74 Å². The van der Waals surface area contributed by atoms with Gasteiger partial charge in [-0.05, 0) is 54.6 Å². The molecule has 3 aromatic carbocycles. The van der Waals surface area contributed by atoms with E-state index in [-0.39, 0.29) is 5.43 Å². The Bertz CT molecular complexity index is 1420. The summed E-state index contributed by atoms with van der Waals surface area (Å²) in [6.07, 6.45) is 3.12. The lowest BCUT2D eigenvalue weighted by Crippen LogP contribution is -2.09. The molecule has 0 unspecified atom stereocenters. The minimum atomic E-state index is -0.119. The number of fused-ring (bicyclic) bond motifs is 2. The van der Waals surface area contributed by atoms with E-state index in [9.17, 15) is 4.79 Å². The van der Waals surface area contributed by atoms with Crippen LogP contribution in [0.25, 0.3) is 27.5 Å². The second-order valence-corrected chi connectivity index (χ2v) is 6.83. The highest BCUT2D eigenvalue weighted by molar-refractivity contribution is 6.05. The van der Waals surface area contributed by atoms with Gasteiger partial charge < -0.3 is 20.8 Å². The van der Waals surface area contributed by atoms with Gasteiger partial charge in [-0.3, -0.25) is 4.79 Å². The normalized spacial score (nSPS) is 11.1. The molecule has 0 atom stereocenters. The van der Waals surface area contributed by atoms with Gasteiger partial charge in [0.05, 0.1) is 40.6 Å². The first kappa shape index (κ1) is 17.7. The van der Waals surface area contributed by atoms with Crippen LogP contribution in [0.1, 0.15) is 0 Å². The topological polar surface area (TPSA) is 111 Å². The highest BCUT2D eigenvalue weighted by Gasteiger charge is 2.13. The van der Waals surface area contributed by atoms with E-state index in [0.717, 1.165) is 11.4 Å². The number of aromatic nitrogens is 4. The number of benzene rings is 3. The maximum Gasteiger partial charge on any atom is 0.199 e. The Kier molecular flexibility index (Phi) is 4.10. The third kappa shape index (κ3) is 2.91. The number of pyridine rings is 1. The van der Waals surface area contributed by atoms with Gasteiger partial charge in [-0.2, -0.15) is 5.10 Å². The van der Waals surface area contributed by atoms with E-state index < -0.39 is 0 Å². The number of nitrogens with two attached hydrogens (primary N) is 1. The monoisotopic (exact) mass is 398 g/mol. The van der Waals surface area contributed by atoms with E-state index in [4.69, 9.17) is 10.5 Å². The maximum atomic E-state index is 13.3. The van der Waals surface area contributed by atoms with Crippen LogP contribution in [0.15, 0.2) is 72.0 Å². The van der Waals surface area contributed by atoms with Crippen LogP contribution >= 0.6 is 0 Å². The Hall–Kier alpha value is -4.33. The summed E-state index contributed by atoms with van der Waals surface area (Å²) in [7, 11) is 1.57. The Morgan fingerprint density at radius 2 is 1.93 bits per heavy atom. The van der Waals surface area contributed by atoms with Crippen molar-refractivity contribution in [3.63, 3.8) is 0 Å². The first-order chi connectivity index (χ1) is 14.6. The molecule has 0 radical (unpaired) electrons. The largest absolute Gasteiger partial charge is 0.497 e. The van der Waals surface area contributed by atoms with Gasteiger partial charge in [-0.25, -0.2) is 9.67 Å². The molecule has 0 amide bonds. The minimum Gasteiger partial charge on any atom is -0.497 e. The average molecular weight is 398 g/mol. The summed E-state index contributed by atoms with van der Waals surface area (Å²) in [5, 5.41) is 8.48. The number of rotatable bonds is 4. The number of aromatic amines is 1. The molecule has 2 aromatic heterocycles. The highest BCUT2D eigenvalue weighted by atomic mass is 16.5. The molecule has 0 fully saturated rings. The first-order valence-corrected chi connectivity index (χ1v) is 9.28. The molecule has 8 nitrogen and oxygen atoms in total. The van der Waals surface area contributed by atoms with Gasteiger partial charge >= 0.3 is 0 Å². The Morgan fingerprint density at radius 3 is 2.67 bits per heavy atom. The standard InChI is InChI=1S/C22H18N6O2/c1-30-15-6-8-18-16(10-15)22(29)20-19(9-7-17(23)21(20)27-18)26-13-2-4-14(5-3-13)28-12-24-11-25-28/h2-12,26H,23H2,1H3,(H,27,29). The van der Waals surface area contributed by atoms with Gasteiger partial charge in [0.2, 0.25) is 0 Å². The van der Waals surface area contributed by atoms with E-state index in [1.54, 1.807) is 36.3 Å². The number of H-pyrrole nitrogens is 1. The van der Waals surface area contributed by atoms with Crippen molar-refractivity contribution >= 4 is 38.9 Å². The minimum absolute atomic E-state index is 0.119. The molecule has 0 aliphatic rings. The third-order valence-electron chi connectivity index (χ3n) is 5.03. The number of nitrogens with one attached hydrogen (secondary N) is 2. The quantitative estimate of drug-likeness (QED) is 0.315. The fourth-order valence-electron chi connectivity index (χ4n) is 3.50. The van der Waals surface area contributed by atoms with Crippen molar-refractivity contribution in [2.45, 2.75) is 0 Å². The molecule has 0 spiro atoms. The Morgan fingerprint density at radius 1 is 1.10 bits per heavy atom. The smallest absolute Gasteiger partial charge is 0.199 e. The third-order valence-corrected chi connectivity index (χ3v) is 5.03. The molecule has 0 saturated carbocycles. The molecule has 5 rings (SSSR count). The van der Waals surface area contributed by atoms with Gasteiger partial charge in [0.15, 0.2) is 5.43 Å². The van der Waals surface area contributed by atoms with E-state index in [1.807, 2.05) is 36.4 Å². The van der Waals surface area contributed by atoms with E-state index in [1.165, 1.54) is 6.33 Å². The fraction of sp³-hybridized carbons (Fsp3) is 0.0455. The SMILES string of the molecule is COc1ccc2[nH]c3c(N)ccc(Nc4ccc(-n5cncn5)cc4)c3c(=O)c2c1. The van der Waals surface area contributed by atoms with Crippen molar-refractivity contribution in [2.24, 2.45) is 0 Å². The molecule has 5 aromatic rings. The summed E-state index contributed by atoms with van der Waals surface area (Å²) in [6.45, 7) is 0. The van der Waals surface area contributed by atoms with Crippen molar-refractivity contribution in [3.05, 3.63) is 77.5 Å². The molecule has 0 aliphatic carbocycles. The van der Waals surface area contributed by atoms with Crippen molar-refractivity contribution in [3.8, 4) is 11.4 Å².